The molecule has 6 nitrogen and oxygen atoms in total. The van der Waals surface area contributed by atoms with Crippen LogP contribution in [0.25, 0.3) is 0 Å². The zero-order valence-corrected chi connectivity index (χ0v) is 10.6. The molecule has 0 saturated carbocycles. The van der Waals surface area contributed by atoms with Gasteiger partial charge in [-0.1, -0.05) is 0 Å². The van der Waals surface area contributed by atoms with E-state index in [2.05, 4.69) is 20.4 Å². The largest absolute Gasteiger partial charge is 0.378 e. The molecule has 2 rings (SSSR count). The molecule has 1 N–H and O–H groups in total. The number of methoxy groups -OCH3 is 1. The van der Waals surface area contributed by atoms with Crippen LogP contribution in [-0.4, -0.2) is 33.4 Å². The second kappa shape index (κ2) is 6.11. The number of nitrogens with zero attached hydrogens (tertiary/aromatic N) is 4. The summed E-state index contributed by atoms with van der Waals surface area (Å²) in [6, 6.07) is 3.91. The van der Waals surface area contributed by atoms with E-state index in [0.717, 1.165) is 24.5 Å². The van der Waals surface area contributed by atoms with Gasteiger partial charge >= 0.3 is 0 Å². The van der Waals surface area contributed by atoms with E-state index in [1.807, 2.05) is 23.9 Å². The fourth-order valence-corrected chi connectivity index (χ4v) is 1.69. The molecular formula is C12H17N5O. The van der Waals surface area contributed by atoms with Crippen molar-refractivity contribution in [1.82, 2.24) is 19.7 Å². The standard InChI is InChI=1S/C12H17N5O/c1-17-11(4-6-16-17)3-5-13-12-7-10(8-18-2)14-9-15-12/h4,6-7,9H,3,5,8H2,1-2H3,(H,13,14,15). The number of nitrogens with one attached hydrogen (secondary N) is 1. The molecule has 0 unspecified atom stereocenters. The molecule has 0 bridgehead atoms. The molecule has 2 heterocycles. The van der Waals surface area contributed by atoms with E-state index < -0.39 is 0 Å². The van der Waals surface area contributed by atoms with Gasteiger partial charge in [-0.05, 0) is 6.07 Å². The summed E-state index contributed by atoms with van der Waals surface area (Å²) < 4.78 is 6.91. The van der Waals surface area contributed by atoms with Gasteiger partial charge in [0.25, 0.3) is 0 Å². The Bertz CT molecular complexity index is 497. The minimum atomic E-state index is 0.499. The van der Waals surface area contributed by atoms with Crippen molar-refractivity contribution in [3.8, 4) is 0 Å². The third-order valence-electron chi connectivity index (χ3n) is 2.63. The van der Waals surface area contributed by atoms with Gasteiger partial charge in [-0.15, -0.1) is 0 Å². The predicted octanol–water partition coefficient (Wildman–Crippen LogP) is 1.01. The van der Waals surface area contributed by atoms with Crippen LogP contribution in [0.15, 0.2) is 24.7 Å². The van der Waals surface area contributed by atoms with Gasteiger partial charge in [0, 0.05) is 45.1 Å². The maximum absolute atomic E-state index is 5.03. The summed E-state index contributed by atoms with van der Waals surface area (Å²) in [6.07, 6.45) is 4.25. The molecule has 0 amide bonds. The summed E-state index contributed by atoms with van der Waals surface area (Å²) in [6.45, 7) is 1.31. The number of rotatable bonds is 6. The first-order valence-corrected chi connectivity index (χ1v) is 5.80. The van der Waals surface area contributed by atoms with Crippen molar-refractivity contribution in [2.24, 2.45) is 7.05 Å². The first-order chi connectivity index (χ1) is 8.79. The van der Waals surface area contributed by atoms with Gasteiger partial charge in [-0.3, -0.25) is 4.68 Å². The summed E-state index contributed by atoms with van der Waals surface area (Å²) in [7, 11) is 3.59. The van der Waals surface area contributed by atoms with Crippen LogP contribution < -0.4 is 5.32 Å². The van der Waals surface area contributed by atoms with Crippen molar-refractivity contribution in [3.05, 3.63) is 36.0 Å². The lowest BCUT2D eigenvalue weighted by atomic mass is 10.3. The molecule has 0 radical (unpaired) electrons. The monoisotopic (exact) mass is 247 g/mol. The normalized spacial score (nSPS) is 10.6. The Labute approximate surface area is 106 Å². The fraction of sp³-hybridized carbons (Fsp3) is 0.417. The smallest absolute Gasteiger partial charge is 0.129 e. The molecule has 0 spiro atoms. The van der Waals surface area contributed by atoms with Crippen LogP contribution in [0, 0.1) is 0 Å². The predicted molar refractivity (Wildman–Crippen MR) is 68.1 cm³/mol. The number of aromatic nitrogens is 4. The molecule has 0 aliphatic carbocycles. The molecule has 96 valence electrons. The van der Waals surface area contributed by atoms with Crippen LogP contribution in [-0.2, 0) is 24.8 Å². The third-order valence-corrected chi connectivity index (χ3v) is 2.63. The zero-order chi connectivity index (χ0) is 12.8. The van der Waals surface area contributed by atoms with Gasteiger partial charge in [0.2, 0.25) is 0 Å². The molecule has 2 aromatic heterocycles. The number of aryl methyl sites for hydroxylation is 1. The summed E-state index contributed by atoms with van der Waals surface area (Å²) in [4.78, 5) is 8.27. The molecule has 2 aromatic rings. The highest BCUT2D eigenvalue weighted by atomic mass is 16.5. The Morgan fingerprint density at radius 3 is 3.00 bits per heavy atom. The lowest BCUT2D eigenvalue weighted by Crippen LogP contribution is -2.09. The van der Waals surface area contributed by atoms with E-state index in [9.17, 15) is 0 Å². The van der Waals surface area contributed by atoms with Gasteiger partial charge < -0.3 is 10.1 Å². The highest BCUT2D eigenvalue weighted by Gasteiger charge is 2.00. The molecule has 0 aromatic carbocycles. The Hall–Kier alpha value is -1.95. The van der Waals surface area contributed by atoms with E-state index in [0.29, 0.717) is 6.61 Å². The van der Waals surface area contributed by atoms with Gasteiger partial charge in [-0.25, -0.2) is 9.97 Å². The Kier molecular flexibility index (Phi) is 4.25. The topological polar surface area (TPSA) is 64.9 Å². The number of anilines is 1. The first kappa shape index (κ1) is 12.5. The van der Waals surface area contributed by atoms with Gasteiger partial charge in [0.15, 0.2) is 0 Å². The van der Waals surface area contributed by atoms with Crippen molar-refractivity contribution >= 4 is 5.82 Å². The van der Waals surface area contributed by atoms with Crippen molar-refractivity contribution < 1.29 is 4.74 Å². The van der Waals surface area contributed by atoms with Crippen LogP contribution in [0.1, 0.15) is 11.4 Å². The maximum atomic E-state index is 5.03. The zero-order valence-electron chi connectivity index (χ0n) is 10.6. The van der Waals surface area contributed by atoms with Crippen molar-refractivity contribution in [3.63, 3.8) is 0 Å². The van der Waals surface area contributed by atoms with E-state index in [4.69, 9.17) is 4.74 Å². The minimum Gasteiger partial charge on any atom is -0.378 e. The Morgan fingerprint density at radius 2 is 2.28 bits per heavy atom. The van der Waals surface area contributed by atoms with E-state index in [1.165, 1.54) is 5.69 Å². The fourth-order valence-electron chi connectivity index (χ4n) is 1.69. The second-order valence-electron chi connectivity index (χ2n) is 3.95. The van der Waals surface area contributed by atoms with E-state index >= 15 is 0 Å². The first-order valence-electron chi connectivity index (χ1n) is 5.80. The summed E-state index contributed by atoms with van der Waals surface area (Å²) in [5.41, 5.74) is 2.06. The third kappa shape index (κ3) is 3.27. The van der Waals surface area contributed by atoms with Gasteiger partial charge in [0.05, 0.1) is 12.3 Å². The Balaban J connectivity index is 1.86. The van der Waals surface area contributed by atoms with Crippen molar-refractivity contribution in [1.29, 1.82) is 0 Å². The summed E-state index contributed by atoms with van der Waals surface area (Å²) in [5, 5.41) is 7.39. The maximum Gasteiger partial charge on any atom is 0.129 e. The SMILES string of the molecule is COCc1cc(NCCc2ccnn2C)ncn1. The van der Waals surface area contributed by atoms with Crippen LogP contribution in [0.2, 0.25) is 0 Å². The Morgan fingerprint density at radius 1 is 1.39 bits per heavy atom. The molecule has 18 heavy (non-hydrogen) atoms. The van der Waals surface area contributed by atoms with Crippen LogP contribution in [0.4, 0.5) is 5.82 Å². The van der Waals surface area contributed by atoms with E-state index in [-0.39, 0.29) is 0 Å². The highest BCUT2D eigenvalue weighted by molar-refractivity contribution is 5.34. The average Bonchev–Trinajstić information content (AvgIpc) is 2.76. The second-order valence-corrected chi connectivity index (χ2v) is 3.95. The van der Waals surface area contributed by atoms with Gasteiger partial charge in [-0.2, -0.15) is 5.10 Å². The lowest BCUT2D eigenvalue weighted by Gasteiger charge is -2.06. The summed E-state index contributed by atoms with van der Waals surface area (Å²) in [5.74, 6) is 0.819. The van der Waals surface area contributed by atoms with E-state index in [1.54, 1.807) is 19.6 Å². The quantitative estimate of drug-likeness (QED) is 0.825. The molecule has 0 fully saturated rings. The van der Waals surface area contributed by atoms with Crippen molar-refractivity contribution in [2.75, 3.05) is 19.0 Å². The molecule has 0 atom stereocenters. The molecule has 6 heteroatoms. The number of hydrogen-bond donors (Lipinski definition) is 1. The number of ether oxygens (including phenoxy) is 1. The van der Waals surface area contributed by atoms with Crippen LogP contribution in [0.5, 0.6) is 0 Å². The lowest BCUT2D eigenvalue weighted by molar-refractivity contribution is 0.181. The van der Waals surface area contributed by atoms with Crippen LogP contribution >= 0.6 is 0 Å². The van der Waals surface area contributed by atoms with Crippen molar-refractivity contribution in [2.45, 2.75) is 13.0 Å². The average molecular weight is 247 g/mol. The number of hydrogen-bond acceptors (Lipinski definition) is 5. The van der Waals surface area contributed by atoms with Crippen LogP contribution in [0.3, 0.4) is 0 Å². The summed E-state index contributed by atoms with van der Waals surface area (Å²) >= 11 is 0. The molecule has 0 aliphatic heterocycles. The molecule has 0 saturated heterocycles. The highest BCUT2D eigenvalue weighted by Crippen LogP contribution is 2.05. The molecular weight excluding hydrogens is 230 g/mol. The minimum absolute atomic E-state index is 0.499. The van der Waals surface area contributed by atoms with Gasteiger partial charge in [0.1, 0.15) is 12.1 Å². The molecule has 0 aliphatic rings.